The van der Waals surface area contributed by atoms with Crippen molar-refractivity contribution in [2.45, 2.75) is 32.7 Å². The van der Waals surface area contributed by atoms with Crippen molar-refractivity contribution in [3.05, 3.63) is 76.2 Å². The van der Waals surface area contributed by atoms with E-state index in [4.69, 9.17) is 0 Å². The molecule has 0 amide bonds. The standard InChI is InChI=1S/C23H25N3O/c1-16-14-22(27)25-23(24-16)19-10-8-18(9-11-19)21-7-5-6-20(15-21)17(2)26-12-3-4-13-26/h5-11,14-15,17H,3-4,12-13H2,1-2H3,(H,24,25,27)/t17-/m0/s1. The highest BCUT2D eigenvalue weighted by Gasteiger charge is 2.19. The molecular weight excluding hydrogens is 334 g/mol. The van der Waals surface area contributed by atoms with Crippen LogP contribution in [0.1, 0.15) is 37.1 Å². The van der Waals surface area contributed by atoms with E-state index in [0.717, 1.165) is 11.3 Å². The van der Waals surface area contributed by atoms with Gasteiger partial charge in [-0.2, -0.15) is 0 Å². The first kappa shape index (κ1) is 17.7. The van der Waals surface area contributed by atoms with Crippen molar-refractivity contribution in [2.75, 3.05) is 13.1 Å². The lowest BCUT2D eigenvalue weighted by Crippen LogP contribution is -2.23. The number of aryl methyl sites for hydroxylation is 1. The molecule has 0 saturated carbocycles. The van der Waals surface area contributed by atoms with Crippen molar-refractivity contribution < 1.29 is 0 Å². The van der Waals surface area contributed by atoms with Crippen molar-refractivity contribution in [2.24, 2.45) is 0 Å². The molecule has 138 valence electrons. The summed E-state index contributed by atoms with van der Waals surface area (Å²) in [6.07, 6.45) is 2.61. The lowest BCUT2D eigenvalue weighted by atomic mass is 9.98. The number of benzene rings is 2. The van der Waals surface area contributed by atoms with E-state index < -0.39 is 0 Å². The first-order valence-corrected chi connectivity index (χ1v) is 9.63. The highest BCUT2D eigenvalue weighted by Crippen LogP contribution is 2.29. The summed E-state index contributed by atoms with van der Waals surface area (Å²) >= 11 is 0. The Morgan fingerprint density at radius 1 is 0.963 bits per heavy atom. The van der Waals surface area contributed by atoms with Gasteiger partial charge in [-0.25, -0.2) is 4.98 Å². The van der Waals surface area contributed by atoms with E-state index in [-0.39, 0.29) is 5.56 Å². The molecular formula is C23H25N3O. The van der Waals surface area contributed by atoms with E-state index >= 15 is 0 Å². The predicted molar refractivity (Wildman–Crippen MR) is 110 cm³/mol. The number of hydrogen-bond acceptors (Lipinski definition) is 3. The number of nitrogens with one attached hydrogen (secondary N) is 1. The van der Waals surface area contributed by atoms with E-state index in [1.54, 1.807) is 0 Å². The molecule has 1 aliphatic rings. The van der Waals surface area contributed by atoms with Gasteiger partial charge in [0, 0.05) is 23.4 Å². The van der Waals surface area contributed by atoms with Gasteiger partial charge >= 0.3 is 0 Å². The number of rotatable bonds is 4. The van der Waals surface area contributed by atoms with Gasteiger partial charge < -0.3 is 4.98 Å². The Morgan fingerprint density at radius 2 is 1.67 bits per heavy atom. The highest BCUT2D eigenvalue weighted by molar-refractivity contribution is 5.68. The molecule has 0 radical (unpaired) electrons. The summed E-state index contributed by atoms with van der Waals surface area (Å²) in [6.45, 7) is 6.52. The number of likely N-dealkylation sites (tertiary alicyclic amines) is 1. The molecule has 4 heteroatoms. The summed E-state index contributed by atoms with van der Waals surface area (Å²) in [5, 5.41) is 0. The minimum atomic E-state index is -0.120. The first-order chi connectivity index (χ1) is 13.1. The third kappa shape index (κ3) is 3.86. The Bertz CT molecular complexity index is 985. The number of aromatic nitrogens is 2. The molecule has 0 bridgehead atoms. The summed E-state index contributed by atoms with van der Waals surface area (Å²) in [6, 6.07) is 19.0. The second-order valence-corrected chi connectivity index (χ2v) is 7.36. The van der Waals surface area contributed by atoms with Crippen molar-refractivity contribution in [3.8, 4) is 22.5 Å². The summed E-state index contributed by atoms with van der Waals surface area (Å²) in [5.74, 6) is 0.614. The topological polar surface area (TPSA) is 49.0 Å². The van der Waals surface area contributed by atoms with Gasteiger partial charge in [0.2, 0.25) is 0 Å². The smallest absolute Gasteiger partial charge is 0.251 e. The van der Waals surface area contributed by atoms with E-state index in [0.29, 0.717) is 11.9 Å². The molecule has 0 spiro atoms. The van der Waals surface area contributed by atoms with Gasteiger partial charge in [0.25, 0.3) is 5.56 Å². The van der Waals surface area contributed by atoms with Crippen LogP contribution >= 0.6 is 0 Å². The molecule has 4 nitrogen and oxygen atoms in total. The van der Waals surface area contributed by atoms with Crippen LogP contribution in [0.5, 0.6) is 0 Å². The van der Waals surface area contributed by atoms with Crippen molar-refractivity contribution >= 4 is 0 Å². The van der Waals surface area contributed by atoms with Crippen LogP contribution < -0.4 is 5.56 Å². The van der Waals surface area contributed by atoms with Crippen LogP contribution in [0.15, 0.2) is 59.4 Å². The van der Waals surface area contributed by atoms with E-state index in [1.807, 2.05) is 19.1 Å². The molecule has 1 aliphatic heterocycles. The van der Waals surface area contributed by atoms with E-state index in [1.165, 1.54) is 48.7 Å². The Hall–Kier alpha value is -2.72. The molecule has 0 unspecified atom stereocenters. The molecule has 1 atom stereocenters. The van der Waals surface area contributed by atoms with Crippen molar-refractivity contribution in [1.82, 2.24) is 14.9 Å². The minimum Gasteiger partial charge on any atom is -0.307 e. The first-order valence-electron chi connectivity index (χ1n) is 9.63. The monoisotopic (exact) mass is 359 g/mol. The van der Waals surface area contributed by atoms with Crippen LogP contribution in [-0.4, -0.2) is 28.0 Å². The zero-order valence-electron chi connectivity index (χ0n) is 15.9. The Balaban J connectivity index is 1.60. The third-order valence-electron chi connectivity index (χ3n) is 5.42. The lowest BCUT2D eigenvalue weighted by Gasteiger charge is -2.24. The van der Waals surface area contributed by atoms with E-state index in [9.17, 15) is 4.79 Å². The quantitative estimate of drug-likeness (QED) is 0.742. The number of hydrogen-bond donors (Lipinski definition) is 1. The maximum Gasteiger partial charge on any atom is 0.251 e. The summed E-state index contributed by atoms with van der Waals surface area (Å²) < 4.78 is 0. The van der Waals surface area contributed by atoms with Crippen LogP contribution in [0.4, 0.5) is 0 Å². The van der Waals surface area contributed by atoms with Gasteiger partial charge in [0.1, 0.15) is 5.82 Å². The number of H-pyrrole nitrogens is 1. The van der Waals surface area contributed by atoms with Crippen LogP contribution in [-0.2, 0) is 0 Å². The lowest BCUT2D eigenvalue weighted by molar-refractivity contribution is 0.263. The molecule has 1 aromatic heterocycles. The average molecular weight is 359 g/mol. The fourth-order valence-electron chi connectivity index (χ4n) is 3.85. The van der Waals surface area contributed by atoms with E-state index in [2.05, 4.69) is 58.2 Å². The predicted octanol–water partition coefficient (Wildman–Crippen LogP) is 4.57. The Labute approximate surface area is 159 Å². The van der Waals surface area contributed by atoms with Gasteiger partial charge in [-0.05, 0) is 62.5 Å². The zero-order chi connectivity index (χ0) is 18.8. The van der Waals surface area contributed by atoms with Gasteiger partial charge in [-0.15, -0.1) is 0 Å². The number of aromatic amines is 1. The maximum atomic E-state index is 11.7. The zero-order valence-corrected chi connectivity index (χ0v) is 15.9. The number of nitrogens with zero attached hydrogens (tertiary/aromatic N) is 2. The molecule has 0 aliphatic carbocycles. The molecule has 4 rings (SSSR count). The molecule has 1 saturated heterocycles. The largest absolute Gasteiger partial charge is 0.307 e. The van der Waals surface area contributed by atoms with Gasteiger partial charge in [0.15, 0.2) is 0 Å². The van der Waals surface area contributed by atoms with Crippen LogP contribution in [0, 0.1) is 6.92 Å². The van der Waals surface area contributed by atoms with Crippen molar-refractivity contribution in [3.63, 3.8) is 0 Å². The normalized spacial score (nSPS) is 15.8. The van der Waals surface area contributed by atoms with Crippen molar-refractivity contribution in [1.29, 1.82) is 0 Å². The van der Waals surface area contributed by atoms with Crippen LogP contribution in [0.25, 0.3) is 22.5 Å². The van der Waals surface area contributed by atoms with Gasteiger partial charge in [0.05, 0.1) is 0 Å². The van der Waals surface area contributed by atoms with Crippen LogP contribution in [0.3, 0.4) is 0 Å². The second kappa shape index (κ2) is 7.49. The molecule has 1 N–H and O–H groups in total. The summed E-state index contributed by atoms with van der Waals surface area (Å²) in [4.78, 5) is 21.5. The second-order valence-electron chi connectivity index (χ2n) is 7.36. The maximum absolute atomic E-state index is 11.7. The Kier molecular flexibility index (Phi) is 4.90. The average Bonchev–Trinajstić information content (AvgIpc) is 3.22. The Morgan fingerprint density at radius 3 is 2.37 bits per heavy atom. The highest BCUT2D eigenvalue weighted by atomic mass is 16.1. The molecule has 3 aromatic rings. The summed E-state index contributed by atoms with van der Waals surface area (Å²) in [7, 11) is 0. The summed E-state index contributed by atoms with van der Waals surface area (Å²) in [5.41, 5.74) is 5.27. The van der Waals surface area contributed by atoms with Gasteiger partial charge in [-0.1, -0.05) is 42.5 Å². The van der Waals surface area contributed by atoms with Crippen LogP contribution in [0.2, 0.25) is 0 Å². The third-order valence-corrected chi connectivity index (χ3v) is 5.42. The fourth-order valence-corrected chi connectivity index (χ4v) is 3.85. The minimum absolute atomic E-state index is 0.120. The molecule has 27 heavy (non-hydrogen) atoms. The fraction of sp³-hybridized carbons (Fsp3) is 0.304. The molecule has 1 fully saturated rings. The molecule has 2 heterocycles. The SMILES string of the molecule is Cc1cc(=O)[nH]c(-c2ccc(-c3cccc([C@H](C)N4CCCC4)c3)cc2)n1. The molecule has 2 aromatic carbocycles. The van der Waals surface area contributed by atoms with Gasteiger partial charge in [-0.3, -0.25) is 9.69 Å².